The van der Waals surface area contributed by atoms with Crippen LogP contribution in [0.3, 0.4) is 0 Å². The number of hydrogen-bond acceptors (Lipinski definition) is 3. The van der Waals surface area contributed by atoms with Crippen molar-refractivity contribution in [1.29, 1.82) is 0 Å². The summed E-state index contributed by atoms with van der Waals surface area (Å²) in [5, 5.41) is 0. The molecular weight excluding hydrogens is 250 g/mol. The van der Waals surface area contributed by atoms with Crippen molar-refractivity contribution >= 4 is 10.0 Å². The van der Waals surface area contributed by atoms with Crippen LogP contribution >= 0.6 is 0 Å². The average Bonchev–Trinajstić information content (AvgIpc) is 2.27. The molecule has 1 rings (SSSR count). The summed E-state index contributed by atoms with van der Waals surface area (Å²) in [6.07, 6.45) is 0. The van der Waals surface area contributed by atoms with Crippen molar-refractivity contribution in [3.05, 3.63) is 29.8 Å². The molecule has 0 atom stereocenters. The second-order valence-electron chi connectivity index (χ2n) is 3.70. The highest BCUT2D eigenvalue weighted by atomic mass is 32.2. The smallest absolute Gasteiger partial charge is 0.273 e. The molecule has 1 aromatic rings. The summed E-state index contributed by atoms with van der Waals surface area (Å²) < 4.78 is 50.8. The number of benzene rings is 1. The van der Waals surface area contributed by atoms with Crippen LogP contribution in [0.15, 0.2) is 29.2 Å². The highest BCUT2D eigenvalue weighted by Crippen LogP contribution is 2.13. The maximum absolute atomic E-state index is 12.8. The predicted molar refractivity (Wildman–Crippen MR) is 60.4 cm³/mol. The number of nitrogens with two attached hydrogens (primary N) is 1. The molecule has 0 aromatic heterocycles. The van der Waals surface area contributed by atoms with Crippen LogP contribution in [0.5, 0.6) is 0 Å². The molecule has 3 N–H and O–H groups in total. The van der Waals surface area contributed by atoms with Crippen LogP contribution in [0.2, 0.25) is 0 Å². The third kappa shape index (κ3) is 4.03. The van der Waals surface area contributed by atoms with Gasteiger partial charge in [-0.25, -0.2) is 21.9 Å². The van der Waals surface area contributed by atoms with Gasteiger partial charge in [0, 0.05) is 0 Å². The number of alkyl halides is 2. The standard InChI is InChI=1S/C10H14F2N2O2S/c1-8-3-2-4-9(5-8)17(15,16)14-7-10(11,12)6-13/h2-5,14H,6-7,13H2,1H3. The van der Waals surface area contributed by atoms with Gasteiger partial charge in [0.1, 0.15) is 0 Å². The normalized spacial score (nSPS) is 12.7. The maximum Gasteiger partial charge on any atom is 0.273 e. The first kappa shape index (κ1) is 14.0. The van der Waals surface area contributed by atoms with E-state index < -0.39 is 29.0 Å². The summed E-state index contributed by atoms with van der Waals surface area (Å²) in [6.45, 7) is -0.184. The highest BCUT2D eigenvalue weighted by molar-refractivity contribution is 7.89. The van der Waals surface area contributed by atoms with E-state index in [-0.39, 0.29) is 4.90 Å². The lowest BCUT2D eigenvalue weighted by Gasteiger charge is -2.14. The van der Waals surface area contributed by atoms with Crippen molar-refractivity contribution in [2.24, 2.45) is 5.73 Å². The molecule has 1 aromatic carbocycles. The van der Waals surface area contributed by atoms with E-state index in [2.05, 4.69) is 0 Å². The minimum atomic E-state index is -3.91. The van der Waals surface area contributed by atoms with Gasteiger partial charge in [0.2, 0.25) is 10.0 Å². The van der Waals surface area contributed by atoms with E-state index in [1.54, 1.807) is 19.1 Å². The number of rotatable bonds is 5. The Morgan fingerprint density at radius 2 is 2.06 bits per heavy atom. The Balaban J connectivity index is 2.83. The number of halogens is 2. The van der Waals surface area contributed by atoms with E-state index in [0.29, 0.717) is 0 Å². The Morgan fingerprint density at radius 3 is 2.59 bits per heavy atom. The topological polar surface area (TPSA) is 72.2 Å². The number of aryl methyl sites for hydroxylation is 1. The van der Waals surface area contributed by atoms with Gasteiger partial charge in [-0.2, -0.15) is 0 Å². The van der Waals surface area contributed by atoms with E-state index >= 15 is 0 Å². The molecule has 0 saturated heterocycles. The van der Waals surface area contributed by atoms with Crippen LogP contribution in [0.4, 0.5) is 8.78 Å². The Hall–Kier alpha value is -1.05. The molecule has 0 bridgehead atoms. The van der Waals surface area contributed by atoms with Gasteiger partial charge in [0.25, 0.3) is 5.92 Å². The van der Waals surface area contributed by atoms with Crippen molar-refractivity contribution in [1.82, 2.24) is 4.72 Å². The summed E-state index contributed by atoms with van der Waals surface area (Å²) in [7, 11) is -3.91. The van der Waals surface area contributed by atoms with Gasteiger partial charge in [-0.15, -0.1) is 0 Å². The molecule has 0 aliphatic rings. The van der Waals surface area contributed by atoms with Crippen LogP contribution in [0, 0.1) is 6.92 Å². The van der Waals surface area contributed by atoms with E-state index in [9.17, 15) is 17.2 Å². The van der Waals surface area contributed by atoms with Crippen molar-refractivity contribution in [2.45, 2.75) is 17.7 Å². The lowest BCUT2D eigenvalue weighted by atomic mass is 10.2. The highest BCUT2D eigenvalue weighted by Gasteiger charge is 2.29. The number of hydrogen-bond donors (Lipinski definition) is 2. The monoisotopic (exact) mass is 264 g/mol. The molecule has 7 heteroatoms. The van der Waals surface area contributed by atoms with Gasteiger partial charge < -0.3 is 5.73 Å². The molecule has 0 heterocycles. The summed E-state index contributed by atoms with van der Waals surface area (Å²) >= 11 is 0. The molecule has 0 spiro atoms. The zero-order valence-corrected chi connectivity index (χ0v) is 10.1. The molecule has 0 unspecified atom stereocenters. The van der Waals surface area contributed by atoms with Crippen LogP contribution < -0.4 is 10.5 Å². The quantitative estimate of drug-likeness (QED) is 0.828. The summed E-state index contributed by atoms with van der Waals surface area (Å²) in [5.41, 5.74) is 5.55. The second-order valence-corrected chi connectivity index (χ2v) is 5.47. The van der Waals surface area contributed by atoms with E-state index in [4.69, 9.17) is 5.73 Å². The van der Waals surface area contributed by atoms with Crippen molar-refractivity contribution in [3.8, 4) is 0 Å². The average molecular weight is 264 g/mol. The molecule has 0 aliphatic heterocycles. The molecule has 0 amide bonds. The molecule has 0 fully saturated rings. The Bertz CT molecular complexity index is 489. The van der Waals surface area contributed by atoms with Crippen LogP contribution in [-0.4, -0.2) is 27.4 Å². The molecule has 17 heavy (non-hydrogen) atoms. The first-order chi connectivity index (χ1) is 7.77. The Kier molecular flexibility index (Phi) is 4.18. The SMILES string of the molecule is Cc1cccc(S(=O)(=O)NCC(F)(F)CN)c1. The third-order valence-corrected chi connectivity index (χ3v) is 3.52. The van der Waals surface area contributed by atoms with Crippen molar-refractivity contribution < 1.29 is 17.2 Å². The van der Waals surface area contributed by atoms with Gasteiger partial charge in [-0.1, -0.05) is 12.1 Å². The molecule has 0 saturated carbocycles. The van der Waals surface area contributed by atoms with E-state index in [1.807, 2.05) is 4.72 Å². The molecule has 0 radical (unpaired) electrons. The summed E-state index contributed by atoms with van der Waals surface area (Å²) in [5.74, 6) is -3.24. The fourth-order valence-electron chi connectivity index (χ4n) is 1.14. The first-order valence-corrected chi connectivity index (χ1v) is 6.39. The van der Waals surface area contributed by atoms with Crippen molar-refractivity contribution in [2.75, 3.05) is 13.1 Å². The van der Waals surface area contributed by atoms with E-state index in [0.717, 1.165) is 5.56 Å². The fraction of sp³-hybridized carbons (Fsp3) is 0.400. The summed E-state index contributed by atoms with van der Waals surface area (Å²) in [6, 6.07) is 6.01. The van der Waals surface area contributed by atoms with Gasteiger partial charge in [-0.05, 0) is 24.6 Å². The molecule has 96 valence electrons. The Labute approximate surface area is 98.9 Å². The maximum atomic E-state index is 12.8. The van der Waals surface area contributed by atoms with Crippen LogP contribution in [0.1, 0.15) is 5.56 Å². The number of nitrogens with one attached hydrogen (secondary N) is 1. The van der Waals surface area contributed by atoms with Gasteiger partial charge in [0.15, 0.2) is 0 Å². The fourth-order valence-corrected chi connectivity index (χ4v) is 2.31. The summed E-state index contributed by atoms with van der Waals surface area (Å²) in [4.78, 5) is -0.0367. The van der Waals surface area contributed by atoms with Gasteiger partial charge in [0.05, 0.1) is 18.0 Å². The molecule has 0 aliphatic carbocycles. The minimum absolute atomic E-state index is 0.0367. The first-order valence-electron chi connectivity index (χ1n) is 4.91. The third-order valence-electron chi connectivity index (χ3n) is 2.12. The molecule has 4 nitrogen and oxygen atoms in total. The van der Waals surface area contributed by atoms with Gasteiger partial charge in [-0.3, -0.25) is 0 Å². The lowest BCUT2D eigenvalue weighted by Crippen LogP contribution is -2.41. The number of sulfonamides is 1. The van der Waals surface area contributed by atoms with Crippen LogP contribution in [-0.2, 0) is 10.0 Å². The zero-order valence-electron chi connectivity index (χ0n) is 9.28. The second kappa shape index (κ2) is 5.07. The molecular formula is C10H14F2N2O2S. The van der Waals surface area contributed by atoms with E-state index in [1.165, 1.54) is 12.1 Å². The lowest BCUT2D eigenvalue weighted by molar-refractivity contribution is 0.0170. The Morgan fingerprint density at radius 1 is 1.41 bits per heavy atom. The predicted octanol–water partition coefficient (Wildman–Crippen LogP) is 0.867. The van der Waals surface area contributed by atoms with Crippen molar-refractivity contribution in [3.63, 3.8) is 0 Å². The van der Waals surface area contributed by atoms with Gasteiger partial charge >= 0.3 is 0 Å². The largest absolute Gasteiger partial charge is 0.325 e. The minimum Gasteiger partial charge on any atom is -0.325 e. The zero-order chi connectivity index (χ0) is 13.1. The van der Waals surface area contributed by atoms with Crippen LogP contribution in [0.25, 0.3) is 0 Å².